The van der Waals surface area contributed by atoms with Crippen molar-refractivity contribution >= 4 is 5.97 Å². The summed E-state index contributed by atoms with van der Waals surface area (Å²) in [6.07, 6.45) is 4.30. The van der Waals surface area contributed by atoms with Gasteiger partial charge in [-0.25, -0.2) is 9.78 Å². The van der Waals surface area contributed by atoms with Crippen molar-refractivity contribution in [3.05, 3.63) is 42.4 Å². The highest BCUT2D eigenvalue weighted by atomic mass is 16.4. The molecule has 4 heteroatoms. The number of hydrogen-bond donors (Lipinski definition) is 1. The molecule has 0 aliphatic carbocycles. The molecule has 4 nitrogen and oxygen atoms in total. The molecular formula is C14H14N2O2. The molecule has 0 saturated heterocycles. The first-order valence-corrected chi connectivity index (χ1v) is 6.11. The summed E-state index contributed by atoms with van der Waals surface area (Å²) in [5.41, 5.74) is 1.89. The normalized spacial score (nSPS) is 18.3. The summed E-state index contributed by atoms with van der Waals surface area (Å²) in [5, 5.41) is 9.22. The lowest BCUT2D eigenvalue weighted by Gasteiger charge is -2.20. The molecular weight excluding hydrogens is 228 g/mol. The fraction of sp³-hybridized carbons (Fsp3) is 0.286. The first kappa shape index (κ1) is 11.0. The van der Waals surface area contributed by atoms with Gasteiger partial charge in [-0.05, 0) is 12.8 Å². The molecule has 0 radical (unpaired) electrons. The van der Waals surface area contributed by atoms with Crippen LogP contribution in [0.4, 0.5) is 0 Å². The molecule has 1 aromatic heterocycles. The van der Waals surface area contributed by atoms with Gasteiger partial charge in [0.2, 0.25) is 0 Å². The first-order valence-electron chi connectivity index (χ1n) is 6.11. The minimum Gasteiger partial charge on any atom is -0.480 e. The van der Waals surface area contributed by atoms with E-state index in [-0.39, 0.29) is 0 Å². The van der Waals surface area contributed by atoms with Gasteiger partial charge < -0.3 is 9.67 Å². The fourth-order valence-corrected chi connectivity index (χ4v) is 2.47. The van der Waals surface area contributed by atoms with E-state index in [0.29, 0.717) is 6.42 Å². The molecule has 1 aliphatic rings. The van der Waals surface area contributed by atoms with Crippen LogP contribution in [0.25, 0.3) is 11.3 Å². The summed E-state index contributed by atoms with van der Waals surface area (Å²) in [6, 6.07) is 9.40. The largest absolute Gasteiger partial charge is 0.480 e. The Bertz CT molecular complexity index is 575. The zero-order chi connectivity index (χ0) is 12.5. The van der Waals surface area contributed by atoms with Crippen LogP contribution in [0, 0.1) is 0 Å². The molecule has 2 heterocycles. The quantitative estimate of drug-likeness (QED) is 0.880. The van der Waals surface area contributed by atoms with Crippen molar-refractivity contribution < 1.29 is 9.90 Å². The van der Waals surface area contributed by atoms with E-state index in [9.17, 15) is 9.90 Å². The number of imidazole rings is 1. The number of carboxylic acids is 1. The molecule has 0 fully saturated rings. The lowest BCUT2D eigenvalue weighted by Crippen LogP contribution is -2.24. The molecule has 1 atom stereocenters. The van der Waals surface area contributed by atoms with E-state index >= 15 is 0 Å². The third-order valence-electron chi connectivity index (χ3n) is 3.38. The Balaban J connectivity index is 2.04. The maximum Gasteiger partial charge on any atom is 0.326 e. The van der Waals surface area contributed by atoms with Gasteiger partial charge in [-0.1, -0.05) is 30.3 Å². The summed E-state index contributed by atoms with van der Waals surface area (Å²) < 4.78 is 1.81. The summed E-state index contributed by atoms with van der Waals surface area (Å²) in [4.78, 5) is 15.8. The number of aliphatic carboxylic acids is 1. The molecule has 3 rings (SSSR count). The lowest BCUT2D eigenvalue weighted by atomic mass is 10.1. The van der Waals surface area contributed by atoms with Crippen LogP contribution in [0.1, 0.15) is 24.7 Å². The molecule has 0 saturated carbocycles. The van der Waals surface area contributed by atoms with E-state index in [1.165, 1.54) is 0 Å². The molecule has 1 aliphatic heterocycles. The average molecular weight is 242 g/mol. The Hall–Kier alpha value is -2.10. The molecule has 2 aromatic rings. The van der Waals surface area contributed by atoms with Gasteiger partial charge >= 0.3 is 5.97 Å². The van der Waals surface area contributed by atoms with E-state index in [1.54, 1.807) is 0 Å². The van der Waals surface area contributed by atoms with Gasteiger partial charge in [0.1, 0.15) is 11.9 Å². The highest BCUT2D eigenvalue weighted by Crippen LogP contribution is 2.28. The van der Waals surface area contributed by atoms with Gasteiger partial charge in [0, 0.05) is 18.2 Å². The zero-order valence-electron chi connectivity index (χ0n) is 9.91. The third kappa shape index (κ3) is 1.79. The highest BCUT2D eigenvalue weighted by Gasteiger charge is 2.26. The van der Waals surface area contributed by atoms with Crippen LogP contribution in [0.15, 0.2) is 36.5 Å². The minimum atomic E-state index is -0.770. The van der Waals surface area contributed by atoms with E-state index in [0.717, 1.165) is 29.9 Å². The van der Waals surface area contributed by atoms with Crippen LogP contribution < -0.4 is 0 Å². The van der Waals surface area contributed by atoms with Gasteiger partial charge in [0.25, 0.3) is 0 Å². The van der Waals surface area contributed by atoms with Crippen LogP contribution >= 0.6 is 0 Å². The van der Waals surface area contributed by atoms with Gasteiger partial charge in [0.05, 0.1) is 5.69 Å². The van der Waals surface area contributed by atoms with Crippen LogP contribution in [-0.2, 0) is 11.2 Å². The maximum absolute atomic E-state index is 11.2. The monoisotopic (exact) mass is 242 g/mol. The van der Waals surface area contributed by atoms with Gasteiger partial charge in [-0.2, -0.15) is 0 Å². The number of hydrogen-bond acceptors (Lipinski definition) is 2. The first-order chi connectivity index (χ1) is 8.75. The Kier molecular flexibility index (Phi) is 2.63. The summed E-state index contributed by atoms with van der Waals surface area (Å²) in [6.45, 7) is 0. The molecule has 0 bridgehead atoms. The molecule has 1 N–H and O–H groups in total. The minimum absolute atomic E-state index is 0.460. The van der Waals surface area contributed by atoms with Crippen LogP contribution in [0.2, 0.25) is 0 Å². The number of carbonyl (C=O) groups is 1. The summed E-state index contributed by atoms with van der Waals surface area (Å²) >= 11 is 0. The lowest BCUT2D eigenvalue weighted by molar-refractivity contribution is -0.141. The van der Waals surface area contributed by atoms with Crippen LogP contribution in [0.5, 0.6) is 0 Å². The zero-order valence-corrected chi connectivity index (χ0v) is 9.91. The van der Waals surface area contributed by atoms with E-state index in [1.807, 2.05) is 41.1 Å². The predicted molar refractivity (Wildman–Crippen MR) is 67.3 cm³/mol. The standard InChI is InChI=1S/C14H14N2O2/c17-14(18)12-7-4-8-13-15-11(9-16(12)13)10-5-2-1-3-6-10/h1-3,5-6,9,12H,4,7-8H2,(H,17,18)/t12-/m1/s1. The summed E-state index contributed by atoms with van der Waals surface area (Å²) in [7, 11) is 0. The van der Waals surface area contributed by atoms with Gasteiger partial charge in [-0.3, -0.25) is 0 Å². The van der Waals surface area contributed by atoms with E-state index in [2.05, 4.69) is 4.98 Å². The Morgan fingerprint density at radius 2 is 2.11 bits per heavy atom. The molecule has 0 amide bonds. The number of benzene rings is 1. The van der Waals surface area contributed by atoms with Crippen molar-refractivity contribution in [1.29, 1.82) is 0 Å². The highest BCUT2D eigenvalue weighted by molar-refractivity contribution is 5.72. The van der Waals surface area contributed by atoms with E-state index in [4.69, 9.17) is 0 Å². The van der Waals surface area contributed by atoms with Gasteiger partial charge in [0.15, 0.2) is 0 Å². The second-order valence-corrected chi connectivity index (χ2v) is 4.56. The predicted octanol–water partition coefficient (Wildman–Crippen LogP) is 2.51. The van der Waals surface area contributed by atoms with Crippen molar-refractivity contribution in [1.82, 2.24) is 9.55 Å². The second kappa shape index (κ2) is 4.29. The van der Waals surface area contributed by atoms with Crippen molar-refractivity contribution in [2.45, 2.75) is 25.3 Å². The van der Waals surface area contributed by atoms with Crippen molar-refractivity contribution in [2.24, 2.45) is 0 Å². The molecule has 1 aromatic carbocycles. The van der Waals surface area contributed by atoms with Crippen LogP contribution in [-0.4, -0.2) is 20.6 Å². The third-order valence-corrected chi connectivity index (χ3v) is 3.38. The molecule has 18 heavy (non-hydrogen) atoms. The Morgan fingerprint density at radius 1 is 1.33 bits per heavy atom. The van der Waals surface area contributed by atoms with Crippen molar-refractivity contribution in [3.63, 3.8) is 0 Å². The second-order valence-electron chi connectivity index (χ2n) is 4.56. The summed E-state index contributed by atoms with van der Waals surface area (Å²) in [5.74, 6) is 0.112. The average Bonchev–Trinajstić information content (AvgIpc) is 2.83. The molecule has 0 unspecified atom stereocenters. The number of rotatable bonds is 2. The van der Waals surface area contributed by atoms with Crippen molar-refractivity contribution in [2.75, 3.05) is 0 Å². The number of fused-ring (bicyclic) bond motifs is 1. The topological polar surface area (TPSA) is 55.1 Å². The van der Waals surface area contributed by atoms with Crippen molar-refractivity contribution in [3.8, 4) is 11.3 Å². The van der Waals surface area contributed by atoms with Gasteiger partial charge in [-0.15, -0.1) is 0 Å². The number of carboxylic acid groups (broad SMARTS) is 1. The Morgan fingerprint density at radius 3 is 2.83 bits per heavy atom. The van der Waals surface area contributed by atoms with E-state index < -0.39 is 12.0 Å². The fourth-order valence-electron chi connectivity index (χ4n) is 2.47. The molecule has 92 valence electrons. The van der Waals surface area contributed by atoms with Crippen LogP contribution in [0.3, 0.4) is 0 Å². The SMILES string of the molecule is O=C(O)[C@H]1CCCc2nc(-c3ccccc3)cn21. The Labute approximate surface area is 105 Å². The number of nitrogens with zero attached hydrogens (tertiary/aromatic N) is 2. The number of aryl methyl sites for hydroxylation is 1. The smallest absolute Gasteiger partial charge is 0.326 e. The number of aromatic nitrogens is 2. The maximum atomic E-state index is 11.2. The molecule has 0 spiro atoms.